The Labute approximate surface area is 106 Å². The number of aliphatic carboxylic acids is 2. The first-order valence-corrected chi connectivity index (χ1v) is 5.53. The molecule has 104 valence electrons. The van der Waals surface area contributed by atoms with Gasteiger partial charge >= 0.3 is 17.9 Å². The summed E-state index contributed by atoms with van der Waals surface area (Å²) in [7, 11) is 5.54. The first-order chi connectivity index (χ1) is 8.10. The van der Waals surface area contributed by atoms with Crippen LogP contribution in [-0.4, -0.2) is 66.4 Å². The summed E-state index contributed by atoms with van der Waals surface area (Å²) in [5.41, 5.74) is 0. The van der Waals surface area contributed by atoms with Gasteiger partial charge in [-0.05, 0) is 0 Å². The predicted molar refractivity (Wildman–Crippen MR) is 61.9 cm³/mol. The van der Waals surface area contributed by atoms with Gasteiger partial charge < -0.3 is 19.4 Å². The van der Waals surface area contributed by atoms with E-state index in [1.807, 2.05) is 21.1 Å². The molecule has 0 saturated carbocycles. The van der Waals surface area contributed by atoms with Crippen LogP contribution < -0.4 is 0 Å². The van der Waals surface area contributed by atoms with Gasteiger partial charge in [0, 0.05) is 0 Å². The summed E-state index contributed by atoms with van der Waals surface area (Å²) in [5.74, 6) is -2.83. The third-order valence-corrected chi connectivity index (χ3v) is 1.99. The first kappa shape index (κ1) is 16.4. The van der Waals surface area contributed by atoms with Crippen molar-refractivity contribution in [1.82, 2.24) is 0 Å². The largest absolute Gasteiger partial charge is 0.481 e. The molecule has 1 atom stereocenters. The monoisotopic (exact) mass is 262 g/mol. The Balaban J connectivity index is 4.35. The van der Waals surface area contributed by atoms with Crippen LogP contribution in [0, 0.1) is 0 Å². The van der Waals surface area contributed by atoms with E-state index in [9.17, 15) is 14.4 Å². The normalized spacial score (nSPS) is 12.8. The van der Waals surface area contributed by atoms with Crippen LogP contribution in [-0.2, 0) is 19.1 Å². The van der Waals surface area contributed by atoms with Crippen molar-refractivity contribution in [3.8, 4) is 0 Å². The van der Waals surface area contributed by atoms with Gasteiger partial charge in [0.15, 0.2) is 6.10 Å². The number of carboxylic acids is 2. The lowest BCUT2D eigenvalue weighted by atomic mass is 10.2. The van der Waals surface area contributed by atoms with Gasteiger partial charge in [-0.2, -0.15) is 0 Å². The molecule has 0 fully saturated rings. The fourth-order valence-corrected chi connectivity index (χ4v) is 1.40. The van der Waals surface area contributed by atoms with Crippen molar-refractivity contribution >= 4 is 17.9 Å². The van der Waals surface area contributed by atoms with Gasteiger partial charge in [-0.25, -0.2) is 0 Å². The standard InChI is InChI=1S/C11H19NO6/c1-12(2,3)7-8(6-10(15)16)18-11(17)5-4-9(13)14/h8H,4-7H2,1-3H3,(H-,13,14,15,16)/p+1/t8-/m1/s1. The van der Waals surface area contributed by atoms with E-state index in [1.165, 1.54) is 0 Å². The van der Waals surface area contributed by atoms with Gasteiger partial charge in [0.1, 0.15) is 6.54 Å². The van der Waals surface area contributed by atoms with E-state index in [2.05, 4.69) is 0 Å². The zero-order valence-electron chi connectivity index (χ0n) is 10.9. The predicted octanol–water partition coefficient (Wildman–Crippen LogP) is -0.0561. The Hall–Kier alpha value is -1.63. The highest BCUT2D eigenvalue weighted by molar-refractivity contribution is 5.77. The Morgan fingerprint density at radius 1 is 1.06 bits per heavy atom. The third kappa shape index (κ3) is 9.59. The highest BCUT2D eigenvalue weighted by Crippen LogP contribution is 2.07. The molecule has 7 nitrogen and oxygen atoms in total. The lowest BCUT2D eigenvalue weighted by Crippen LogP contribution is -2.43. The topological polar surface area (TPSA) is 101 Å². The van der Waals surface area contributed by atoms with E-state index >= 15 is 0 Å². The van der Waals surface area contributed by atoms with Gasteiger partial charge in [0.2, 0.25) is 0 Å². The molecular weight excluding hydrogens is 242 g/mol. The second-order valence-corrected chi connectivity index (χ2v) is 5.08. The highest BCUT2D eigenvalue weighted by atomic mass is 16.5. The number of quaternary nitrogens is 1. The van der Waals surface area contributed by atoms with Crippen molar-refractivity contribution in [2.75, 3.05) is 27.7 Å². The molecule has 0 heterocycles. The zero-order valence-corrected chi connectivity index (χ0v) is 10.9. The summed E-state index contributed by atoms with van der Waals surface area (Å²) < 4.78 is 5.44. The average molecular weight is 262 g/mol. The molecule has 0 aliphatic heterocycles. The smallest absolute Gasteiger partial charge is 0.307 e. The van der Waals surface area contributed by atoms with E-state index in [4.69, 9.17) is 14.9 Å². The van der Waals surface area contributed by atoms with Crippen molar-refractivity contribution in [2.24, 2.45) is 0 Å². The Kier molecular flexibility index (Phi) is 6.32. The third-order valence-electron chi connectivity index (χ3n) is 1.99. The summed E-state index contributed by atoms with van der Waals surface area (Å²) in [6, 6.07) is 0. The molecule has 2 N–H and O–H groups in total. The summed E-state index contributed by atoms with van der Waals surface area (Å²) >= 11 is 0. The number of hydrogen-bond acceptors (Lipinski definition) is 4. The van der Waals surface area contributed by atoms with Gasteiger partial charge in [-0.15, -0.1) is 0 Å². The summed E-state index contributed by atoms with van der Waals surface area (Å²) in [6.45, 7) is 0.352. The van der Waals surface area contributed by atoms with Crippen molar-refractivity contribution in [1.29, 1.82) is 0 Å². The number of ether oxygens (including phenoxy) is 1. The van der Waals surface area contributed by atoms with Crippen LogP contribution in [0.1, 0.15) is 19.3 Å². The molecule has 0 unspecified atom stereocenters. The van der Waals surface area contributed by atoms with E-state index < -0.39 is 24.0 Å². The van der Waals surface area contributed by atoms with Gasteiger partial charge in [-0.3, -0.25) is 14.4 Å². The number of carbonyl (C=O) groups is 3. The maximum atomic E-state index is 11.3. The molecule has 0 saturated heterocycles. The number of carboxylic acid groups (broad SMARTS) is 2. The molecule has 0 bridgehead atoms. The summed E-state index contributed by atoms with van der Waals surface area (Å²) in [5, 5.41) is 17.1. The molecule has 0 aliphatic rings. The van der Waals surface area contributed by atoms with E-state index in [0.717, 1.165) is 0 Å². The van der Waals surface area contributed by atoms with Crippen LogP contribution in [0.4, 0.5) is 0 Å². The molecule has 0 spiro atoms. The van der Waals surface area contributed by atoms with E-state index in [-0.39, 0.29) is 19.3 Å². The van der Waals surface area contributed by atoms with Gasteiger partial charge in [0.25, 0.3) is 0 Å². The number of rotatable bonds is 8. The Bertz CT molecular complexity index is 320. The number of nitrogens with zero attached hydrogens (tertiary/aromatic N) is 1. The molecule has 0 aromatic rings. The minimum atomic E-state index is -1.09. The number of likely N-dealkylation sites (N-methyl/N-ethyl adjacent to an activating group) is 1. The molecule has 18 heavy (non-hydrogen) atoms. The molecule has 0 radical (unpaired) electrons. The minimum Gasteiger partial charge on any atom is -0.481 e. The van der Waals surface area contributed by atoms with E-state index in [0.29, 0.717) is 11.0 Å². The molecule has 0 aliphatic carbocycles. The van der Waals surface area contributed by atoms with Crippen molar-refractivity contribution in [2.45, 2.75) is 25.4 Å². The number of esters is 1. The average Bonchev–Trinajstić information content (AvgIpc) is 2.10. The molecule has 0 amide bonds. The van der Waals surface area contributed by atoms with Crippen LogP contribution in [0.2, 0.25) is 0 Å². The van der Waals surface area contributed by atoms with Crippen molar-refractivity contribution in [3.63, 3.8) is 0 Å². The zero-order chi connectivity index (χ0) is 14.3. The maximum Gasteiger partial charge on any atom is 0.307 e. The molecular formula is C11H20NO6+. The van der Waals surface area contributed by atoms with Crippen molar-refractivity contribution < 1.29 is 33.8 Å². The lowest BCUT2D eigenvalue weighted by Gasteiger charge is -2.28. The van der Waals surface area contributed by atoms with E-state index in [1.54, 1.807) is 0 Å². The second-order valence-electron chi connectivity index (χ2n) is 5.08. The van der Waals surface area contributed by atoms with Crippen LogP contribution in [0.25, 0.3) is 0 Å². The minimum absolute atomic E-state index is 0.247. The number of hydrogen-bond donors (Lipinski definition) is 2. The molecule has 0 rings (SSSR count). The second kappa shape index (κ2) is 6.95. The fraction of sp³-hybridized carbons (Fsp3) is 0.727. The van der Waals surface area contributed by atoms with Crippen LogP contribution in [0.15, 0.2) is 0 Å². The fourth-order valence-electron chi connectivity index (χ4n) is 1.40. The van der Waals surface area contributed by atoms with Crippen LogP contribution in [0.5, 0.6) is 0 Å². The van der Waals surface area contributed by atoms with Gasteiger partial charge in [0.05, 0.1) is 40.4 Å². The molecule has 0 aromatic heterocycles. The summed E-state index contributed by atoms with van der Waals surface area (Å²) in [4.78, 5) is 32.3. The molecule has 7 heteroatoms. The Morgan fingerprint density at radius 2 is 1.61 bits per heavy atom. The van der Waals surface area contributed by atoms with Crippen LogP contribution in [0.3, 0.4) is 0 Å². The Morgan fingerprint density at radius 3 is 2.00 bits per heavy atom. The summed E-state index contributed by atoms with van der Waals surface area (Å²) in [6.07, 6.45) is -1.59. The highest BCUT2D eigenvalue weighted by Gasteiger charge is 2.24. The number of carbonyl (C=O) groups excluding carboxylic acids is 1. The van der Waals surface area contributed by atoms with Gasteiger partial charge in [-0.1, -0.05) is 0 Å². The molecule has 0 aromatic carbocycles. The quantitative estimate of drug-likeness (QED) is 0.469. The lowest BCUT2D eigenvalue weighted by molar-refractivity contribution is -0.873. The first-order valence-electron chi connectivity index (χ1n) is 5.53. The maximum absolute atomic E-state index is 11.3. The van der Waals surface area contributed by atoms with Crippen LogP contribution >= 0.6 is 0 Å². The van der Waals surface area contributed by atoms with Crippen molar-refractivity contribution in [3.05, 3.63) is 0 Å². The SMILES string of the molecule is C[N+](C)(C)C[C@@H](CC(=O)O)OC(=O)CCC(=O)O.